The molecule has 4 amide bonds. The van der Waals surface area contributed by atoms with Crippen molar-refractivity contribution in [3.8, 4) is 17.2 Å². The third-order valence-corrected chi connectivity index (χ3v) is 12.6. The first-order chi connectivity index (χ1) is 36.1. The average molecular weight is 1050 g/mol. The fraction of sp³-hybridized carbons (Fsp3) is 0.365. The molecule has 4 heterocycles. The monoisotopic (exact) mass is 1050 g/mol. The highest BCUT2D eigenvalue weighted by Crippen LogP contribution is 2.22. The molecule has 76 heavy (non-hydrogen) atoms. The molecule has 0 saturated carbocycles. The lowest BCUT2D eigenvalue weighted by Gasteiger charge is -2.32. The van der Waals surface area contributed by atoms with Crippen molar-refractivity contribution in [3.05, 3.63) is 150 Å². The Morgan fingerprint density at radius 1 is 0.605 bits per heavy atom. The smallest absolute Gasteiger partial charge is 0.303 e. The number of carbonyl (C=O) groups excluding carboxylic acids is 5. The van der Waals surface area contributed by atoms with Gasteiger partial charge in [0.1, 0.15) is 0 Å². The average Bonchev–Trinajstić information content (AvgIpc) is 3.37. The predicted octanol–water partition coefficient (Wildman–Crippen LogP) is 0.890. The number of aliphatic hydroxyl groups is 1. The van der Waals surface area contributed by atoms with Crippen LogP contribution in [0.4, 0.5) is 5.69 Å². The number of benzene rings is 1. The molecule has 0 bridgehead atoms. The van der Waals surface area contributed by atoms with E-state index in [0.29, 0.717) is 12.1 Å². The van der Waals surface area contributed by atoms with Crippen LogP contribution in [0.3, 0.4) is 0 Å². The Morgan fingerprint density at radius 2 is 1.07 bits per heavy atom. The molecule has 3 aromatic heterocycles. The number of amides is 4. The number of aliphatic hydroxyl groups excluding tert-OH is 1. The highest BCUT2D eigenvalue weighted by molar-refractivity contribution is 5.99. The second kappa shape index (κ2) is 27.0. The summed E-state index contributed by atoms with van der Waals surface area (Å²) in [6, 6.07) is 10.8. The third-order valence-electron chi connectivity index (χ3n) is 12.6. The molecule has 4 aromatic rings. The number of likely N-dealkylation sites (N-methyl/N-ethyl adjacent to an activating group) is 1. The number of pyridine rings is 3. The van der Waals surface area contributed by atoms with Crippen LogP contribution in [0.25, 0.3) is 0 Å². The summed E-state index contributed by atoms with van der Waals surface area (Å²) in [7, 11) is 5.93. The second-order valence-electron chi connectivity index (χ2n) is 18.2. The van der Waals surface area contributed by atoms with E-state index in [-0.39, 0.29) is 124 Å². The van der Waals surface area contributed by atoms with Gasteiger partial charge >= 0.3 is 5.97 Å². The van der Waals surface area contributed by atoms with Gasteiger partial charge in [-0.25, -0.2) is 0 Å². The van der Waals surface area contributed by atoms with Crippen LogP contribution in [0.5, 0.6) is 17.2 Å². The van der Waals surface area contributed by atoms with Gasteiger partial charge in [-0.05, 0) is 67.3 Å². The van der Waals surface area contributed by atoms with Crippen molar-refractivity contribution in [3.63, 3.8) is 0 Å². The number of Topliss-reactive ketones (excluding diaryl/α,β-unsaturated/α-hetero) is 1. The van der Waals surface area contributed by atoms with E-state index < -0.39 is 69.3 Å². The van der Waals surface area contributed by atoms with E-state index in [2.05, 4.69) is 27.8 Å². The van der Waals surface area contributed by atoms with Gasteiger partial charge < -0.3 is 70.3 Å². The lowest BCUT2D eigenvalue weighted by atomic mass is 9.97. The minimum Gasteiger partial charge on any atom is -0.505 e. The van der Waals surface area contributed by atoms with Crippen LogP contribution in [-0.4, -0.2) is 155 Å². The van der Waals surface area contributed by atoms with Crippen molar-refractivity contribution in [2.45, 2.75) is 32.1 Å². The number of aromatic hydroxyl groups is 3. The van der Waals surface area contributed by atoms with Crippen LogP contribution in [0.2, 0.25) is 0 Å². The van der Waals surface area contributed by atoms with Crippen LogP contribution >= 0.6 is 0 Å². The molecule has 1 atom stereocenters. The zero-order chi connectivity index (χ0) is 55.8. The number of nitrogens with one attached hydrogen (secondary N) is 4. The number of rotatable bonds is 27. The molecule has 24 heteroatoms. The maximum atomic E-state index is 13.4. The minimum atomic E-state index is -1.12. The van der Waals surface area contributed by atoms with E-state index in [9.17, 15) is 63.6 Å². The molecule has 406 valence electrons. The highest BCUT2D eigenvalue weighted by Gasteiger charge is 2.24. The number of aromatic nitrogens is 3. The first-order valence-electron chi connectivity index (χ1n) is 24.2. The Morgan fingerprint density at radius 3 is 1.57 bits per heavy atom. The number of hydrogen-bond acceptors (Lipinski definition) is 16. The molecular weight excluding hydrogens is 989 g/mol. The van der Waals surface area contributed by atoms with Gasteiger partial charge in [0.2, 0.25) is 5.91 Å². The number of aliphatic carboxylic acids is 1. The number of nitrogens with zero attached hydrogens (tertiary/aromatic N) is 6. The van der Waals surface area contributed by atoms with Gasteiger partial charge in [-0.2, -0.15) is 0 Å². The molecule has 24 nitrogen and oxygen atoms in total. The molecule has 0 fully saturated rings. The van der Waals surface area contributed by atoms with E-state index in [1.165, 1.54) is 64.0 Å². The van der Waals surface area contributed by atoms with Crippen molar-refractivity contribution < 1.29 is 54.3 Å². The molecule has 0 radical (unpaired) electrons. The van der Waals surface area contributed by atoms with E-state index >= 15 is 0 Å². The Hall–Kier alpha value is -8.77. The van der Waals surface area contributed by atoms with E-state index in [1.807, 2.05) is 9.80 Å². The van der Waals surface area contributed by atoms with Crippen LogP contribution in [0.15, 0.2) is 111 Å². The van der Waals surface area contributed by atoms with Gasteiger partial charge in [0.05, 0.1) is 34.4 Å². The van der Waals surface area contributed by atoms with Gasteiger partial charge in [0.25, 0.3) is 34.4 Å². The molecule has 1 unspecified atom stereocenters. The van der Waals surface area contributed by atoms with Crippen LogP contribution in [0.1, 0.15) is 62.3 Å². The summed E-state index contributed by atoms with van der Waals surface area (Å²) in [6.45, 7) is 5.11. The number of carboxylic acids is 1. The molecule has 0 spiro atoms. The molecule has 0 saturated heterocycles. The molecule has 1 aliphatic rings. The van der Waals surface area contributed by atoms with Crippen molar-refractivity contribution in [1.29, 1.82) is 0 Å². The Bertz CT molecular complexity index is 3000. The lowest BCUT2D eigenvalue weighted by molar-refractivity contribution is -0.138. The molecule has 1 aromatic carbocycles. The summed E-state index contributed by atoms with van der Waals surface area (Å²) in [5.74, 6) is -6.92. The van der Waals surface area contributed by atoms with Gasteiger partial charge in [-0.3, -0.25) is 48.1 Å². The van der Waals surface area contributed by atoms with Gasteiger partial charge in [-0.1, -0.05) is 18.7 Å². The number of hydrogen-bond donors (Lipinski definition) is 9. The predicted molar refractivity (Wildman–Crippen MR) is 279 cm³/mol. The summed E-state index contributed by atoms with van der Waals surface area (Å²) in [4.78, 5) is 120. The fourth-order valence-electron chi connectivity index (χ4n) is 8.17. The number of carboxylic acid groups (broad SMARTS) is 1. The molecule has 1 aliphatic heterocycles. The molecule has 5 rings (SSSR count). The molecule has 9 N–H and O–H groups in total. The van der Waals surface area contributed by atoms with Crippen LogP contribution < -0.4 is 37.9 Å². The summed E-state index contributed by atoms with van der Waals surface area (Å²) in [5.41, 5.74) is -1.49. The summed E-state index contributed by atoms with van der Waals surface area (Å²) in [5, 5.41) is 62.2. The third kappa shape index (κ3) is 15.9. The van der Waals surface area contributed by atoms with Crippen molar-refractivity contribution in [2.24, 2.45) is 27.1 Å². The minimum absolute atomic E-state index is 0.00346. The maximum Gasteiger partial charge on any atom is 0.303 e. The summed E-state index contributed by atoms with van der Waals surface area (Å²) >= 11 is 0. The van der Waals surface area contributed by atoms with Gasteiger partial charge in [0.15, 0.2) is 28.8 Å². The normalized spacial score (nSPS) is 12.7. The summed E-state index contributed by atoms with van der Waals surface area (Å²) in [6.07, 6.45) is 6.97. The first-order valence-corrected chi connectivity index (χ1v) is 24.2. The van der Waals surface area contributed by atoms with Crippen molar-refractivity contribution >= 4 is 41.1 Å². The largest absolute Gasteiger partial charge is 0.505 e. The first kappa shape index (κ1) is 58.1. The van der Waals surface area contributed by atoms with Crippen molar-refractivity contribution in [2.75, 3.05) is 71.3 Å². The Balaban J connectivity index is 1.45. The Labute approximate surface area is 436 Å². The number of aryl methyl sites for hydroxylation is 3. The molecular formula is C52H64N10O14. The summed E-state index contributed by atoms with van der Waals surface area (Å²) < 4.78 is 3.37. The zero-order valence-corrected chi connectivity index (χ0v) is 42.7. The SMILES string of the molecule is C=C1C(O)=C(C(=O)NCCN(CCNC(=O)c2ccn(C)c(=O)c2O)CC(Cc2ccc(NC(=O)CCC(=O)O)cc2)CN(CCCC(=O)c2ccn(C)c(=O)c2O)CCNC(=O)c2ccn(C)c(=O)c2O)C=CN1C. The lowest BCUT2D eigenvalue weighted by Crippen LogP contribution is -2.45. The second-order valence-corrected chi connectivity index (χ2v) is 18.2. The van der Waals surface area contributed by atoms with Crippen molar-refractivity contribution in [1.82, 2.24) is 44.4 Å². The zero-order valence-electron chi connectivity index (χ0n) is 42.7. The fourth-order valence-corrected chi connectivity index (χ4v) is 8.17. The topological polar surface area (TPSA) is 327 Å². The van der Waals surface area contributed by atoms with Gasteiger partial charge in [0, 0.05) is 124 Å². The van der Waals surface area contributed by atoms with E-state index in [1.54, 1.807) is 42.4 Å². The van der Waals surface area contributed by atoms with Crippen LogP contribution in [0, 0.1) is 5.92 Å². The number of ketones is 1. The standard InChI is InChI=1S/C52H64N10O14/c1-32-43(67)37(15-22-57(32)2)47(71)53-19-27-62(28-20-55-49(73)39-17-25-60(5)52(76)46(39)70)31-34(29-33-8-10-35(11-9-33)56-41(64)12-13-42(65)66)30-61(21-6-7-40(63)36-14-23-58(3)50(74)44(36)68)26-18-54-48(72)38-16-24-59(4)51(75)45(38)69/h8-11,14-17,22-25,34,67-70H,1,6-7,12-13,18-21,26-31H2,2-5H3,(H,53,71)(H,54,72)(H,55,73)(H,56,64)(H,65,66). The number of carbonyl (C=O) groups is 6. The molecule has 0 aliphatic carbocycles. The van der Waals surface area contributed by atoms with E-state index in [4.69, 9.17) is 5.11 Å². The van der Waals surface area contributed by atoms with Gasteiger partial charge in [-0.15, -0.1) is 0 Å². The maximum absolute atomic E-state index is 13.4. The van der Waals surface area contributed by atoms with E-state index in [0.717, 1.165) is 19.3 Å². The van der Waals surface area contributed by atoms with Crippen LogP contribution in [-0.2, 0) is 41.9 Å². The highest BCUT2D eigenvalue weighted by atomic mass is 16.4. The Kier molecular flexibility index (Phi) is 20.6. The quantitative estimate of drug-likeness (QED) is 0.0375. The number of anilines is 1.